The first kappa shape index (κ1) is 17.7. The second-order valence-corrected chi connectivity index (χ2v) is 6.53. The Morgan fingerprint density at radius 2 is 1.92 bits per heavy atom. The van der Waals surface area contributed by atoms with E-state index in [0.717, 1.165) is 15.6 Å². The maximum atomic E-state index is 12.3. The zero-order valence-electron chi connectivity index (χ0n) is 14.0. The Hall–Kier alpha value is -3.10. The number of nitriles is 1. The molecule has 2 aromatic carbocycles. The van der Waals surface area contributed by atoms with Gasteiger partial charge in [0.25, 0.3) is 5.91 Å². The highest BCUT2D eigenvalue weighted by atomic mass is 79.9. The van der Waals surface area contributed by atoms with E-state index < -0.39 is 5.91 Å². The molecule has 3 rings (SSSR count). The van der Waals surface area contributed by atoms with E-state index in [1.165, 1.54) is 6.08 Å². The number of rotatable bonds is 4. The van der Waals surface area contributed by atoms with Gasteiger partial charge in [-0.15, -0.1) is 0 Å². The molecule has 1 aromatic heterocycles. The lowest BCUT2D eigenvalue weighted by molar-refractivity contribution is -0.112. The molecule has 1 N–H and O–H groups in total. The van der Waals surface area contributed by atoms with Crippen molar-refractivity contribution < 1.29 is 9.21 Å². The third-order valence-electron chi connectivity index (χ3n) is 3.70. The van der Waals surface area contributed by atoms with Crippen LogP contribution in [-0.2, 0) is 4.79 Å². The maximum absolute atomic E-state index is 12.3. The minimum Gasteiger partial charge on any atom is -0.457 e. The summed E-state index contributed by atoms with van der Waals surface area (Å²) in [5.41, 5.74) is 2.64. The van der Waals surface area contributed by atoms with Crippen molar-refractivity contribution in [2.45, 2.75) is 6.92 Å². The van der Waals surface area contributed by atoms with Gasteiger partial charge in [0.1, 0.15) is 23.2 Å². The second kappa shape index (κ2) is 7.85. The van der Waals surface area contributed by atoms with Crippen LogP contribution in [0, 0.1) is 18.3 Å². The highest BCUT2D eigenvalue weighted by molar-refractivity contribution is 9.10. The normalized spacial score (nSPS) is 11.0. The third-order valence-corrected chi connectivity index (χ3v) is 4.36. The lowest BCUT2D eigenvalue weighted by Crippen LogP contribution is -2.13. The molecular weight excluding hydrogens is 392 g/mol. The molecule has 0 aliphatic heterocycles. The molecule has 3 aromatic rings. The number of para-hydroxylation sites is 1. The molecule has 0 radical (unpaired) electrons. The average molecular weight is 407 g/mol. The molecule has 0 atom stereocenters. The van der Waals surface area contributed by atoms with Crippen LogP contribution in [0.25, 0.3) is 17.4 Å². The van der Waals surface area contributed by atoms with Crippen LogP contribution in [0.1, 0.15) is 11.3 Å². The zero-order valence-corrected chi connectivity index (χ0v) is 15.6. The van der Waals surface area contributed by atoms with Gasteiger partial charge < -0.3 is 9.73 Å². The number of furan rings is 1. The molecule has 1 amide bonds. The topological polar surface area (TPSA) is 66.0 Å². The van der Waals surface area contributed by atoms with E-state index in [9.17, 15) is 10.1 Å². The summed E-state index contributed by atoms with van der Waals surface area (Å²) in [5, 5.41) is 12.0. The van der Waals surface area contributed by atoms with Crippen molar-refractivity contribution in [2.75, 3.05) is 5.32 Å². The summed E-state index contributed by atoms with van der Waals surface area (Å²) in [5.74, 6) is 0.615. The van der Waals surface area contributed by atoms with E-state index in [2.05, 4.69) is 21.2 Å². The van der Waals surface area contributed by atoms with Crippen molar-refractivity contribution in [3.05, 3.63) is 82.0 Å². The lowest BCUT2D eigenvalue weighted by atomic mass is 10.1. The van der Waals surface area contributed by atoms with E-state index in [4.69, 9.17) is 4.42 Å². The van der Waals surface area contributed by atoms with E-state index in [0.29, 0.717) is 17.2 Å². The minimum absolute atomic E-state index is 0.0299. The van der Waals surface area contributed by atoms with Crippen molar-refractivity contribution >= 4 is 33.6 Å². The van der Waals surface area contributed by atoms with E-state index >= 15 is 0 Å². The Bertz CT molecular complexity index is 1010. The first-order valence-corrected chi connectivity index (χ1v) is 8.70. The van der Waals surface area contributed by atoms with Gasteiger partial charge in [0, 0.05) is 21.8 Å². The minimum atomic E-state index is -0.479. The molecule has 0 fully saturated rings. The number of carbonyl (C=O) groups excluding carboxylic acids is 1. The second-order valence-electron chi connectivity index (χ2n) is 5.68. The van der Waals surface area contributed by atoms with Gasteiger partial charge in [-0.1, -0.05) is 40.2 Å². The summed E-state index contributed by atoms with van der Waals surface area (Å²) in [6.07, 6.45) is 1.43. The first-order chi connectivity index (χ1) is 12.6. The van der Waals surface area contributed by atoms with Gasteiger partial charge in [-0.3, -0.25) is 4.79 Å². The molecule has 0 saturated heterocycles. The molecule has 26 heavy (non-hydrogen) atoms. The fourth-order valence-corrected chi connectivity index (χ4v) is 3.09. The van der Waals surface area contributed by atoms with Crippen LogP contribution in [0.3, 0.4) is 0 Å². The molecule has 0 bridgehead atoms. The molecule has 1 heterocycles. The number of anilines is 1. The van der Waals surface area contributed by atoms with Crippen LogP contribution < -0.4 is 5.32 Å². The highest BCUT2D eigenvalue weighted by Crippen LogP contribution is 2.31. The van der Waals surface area contributed by atoms with Crippen LogP contribution in [0.15, 0.2) is 75.1 Å². The van der Waals surface area contributed by atoms with Gasteiger partial charge >= 0.3 is 0 Å². The van der Waals surface area contributed by atoms with Crippen LogP contribution >= 0.6 is 15.9 Å². The molecule has 0 aliphatic rings. The SMILES string of the molecule is Cc1ccc(-c2ccc(/C=C(\C#N)C(=O)Nc3ccccc3)o2)c(Br)c1. The molecular formula is C21H15BrN2O2. The van der Waals surface area contributed by atoms with E-state index in [1.807, 2.05) is 55.5 Å². The van der Waals surface area contributed by atoms with Crippen molar-refractivity contribution in [1.82, 2.24) is 0 Å². The van der Waals surface area contributed by atoms with Gasteiger partial charge in [0.05, 0.1) is 0 Å². The van der Waals surface area contributed by atoms with Crippen LogP contribution in [0.5, 0.6) is 0 Å². The van der Waals surface area contributed by atoms with E-state index in [1.54, 1.807) is 18.2 Å². The van der Waals surface area contributed by atoms with Crippen molar-refractivity contribution in [1.29, 1.82) is 5.26 Å². The number of carbonyl (C=O) groups is 1. The fourth-order valence-electron chi connectivity index (χ4n) is 2.41. The van der Waals surface area contributed by atoms with Crippen molar-refractivity contribution in [3.8, 4) is 17.4 Å². The Balaban J connectivity index is 1.83. The molecule has 0 spiro atoms. The van der Waals surface area contributed by atoms with Crippen LogP contribution in [0.4, 0.5) is 5.69 Å². The summed E-state index contributed by atoms with van der Waals surface area (Å²) < 4.78 is 6.71. The predicted molar refractivity (Wildman–Crippen MR) is 105 cm³/mol. The summed E-state index contributed by atoms with van der Waals surface area (Å²) in [7, 11) is 0. The van der Waals surface area contributed by atoms with Crippen molar-refractivity contribution in [2.24, 2.45) is 0 Å². The monoisotopic (exact) mass is 406 g/mol. The first-order valence-electron chi connectivity index (χ1n) is 7.91. The standard InChI is InChI=1S/C21H15BrN2O2/c1-14-7-9-18(19(22)11-14)20-10-8-17(26-20)12-15(13-23)21(25)24-16-5-3-2-4-6-16/h2-12H,1H3,(H,24,25)/b15-12+. The average Bonchev–Trinajstić information content (AvgIpc) is 3.08. The zero-order chi connectivity index (χ0) is 18.5. The van der Waals surface area contributed by atoms with Gasteiger partial charge in [-0.05, 0) is 48.9 Å². The van der Waals surface area contributed by atoms with E-state index in [-0.39, 0.29) is 5.57 Å². The quantitative estimate of drug-likeness (QED) is 0.455. The number of hydrogen-bond acceptors (Lipinski definition) is 3. The molecule has 0 saturated carbocycles. The van der Waals surface area contributed by atoms with Gasteiger partial charge in [-0.2, -0.15) is 5.26 Å². The highest BCUT2D eigenvalue weighted by Gasteiger charge is 2.12. The summed E-state index contributed by atoms with van der Waals surface area (Å²) in [4.78, 5) is 12.3. The molecule has 4 nitrogen and oxygen atoms in total. The van der Waals surface area contributed by atoms with Gasteiger partial charge in [-0.25, -0.2) is 0 Å². The Morgan fingerprint density at radius 3 is 2.62 bits per heavy atom. The number of benzene rings is 2. The maximum Gasteiger partial charge on any atom is 0.266 e. The Labute approximate surface area is 159 Å². The predicted octanol–water partition coefficient (Wildman–Crippen LogP) is 5.56. The summed E-state index contributed by atoms with van der Waals surface area (Å²) in [6, 6.07) is 20.4. The van der Waals surface area contributed by atoms with Crippen molar-refractivity contribution in [3.63, 3.8) is 0 Å². The molecule has 128 valence electrons. The van der Waals surface area contributed by atoms with Crippen LogP contribution in [0.2, 0.25) is 0 Å². The number of nitrogens with zero attached hydrogens (tertiary/aromatic N) is 1. The summed E-state index contributed by atoms with van der Waals surface area (Å²) >= 11 is 3.53. The van der Waals surface area contributed by atoms with Gasteiger partial charge in [0.15, 0.2) is 0 Å². The molecule has 5 heteroatoms. The van der Waals surface area contributed by atoms with Gasteiger partial charge in [0.2, 0.25) is 0 Å². The Kier molecular flexibility index (Phi) is 5.35. The summed E-state index contributed by atoms with van der Waals surface area (Å²) in [6.45, 7) is 2.01. The van der Waals surface area contributed by atoms with Crippen LogP contribution in [-0.4, -0.2) is 5.91 Å². The lowest BCUT2D eigenvalue weighted by Gasteiger charge is -2.03. The third kappa shape index (κ3) is 4.11. The Morgan fingerprint density at radius 1 is 1.15 bits per heavy atom. The smallest absolute Gasteiger partial charge is 0.266 e. The fraction of sp³-hybridized carbons (Fsp3) is 0.0476. The number of amides is 1. The number of halogens is 1. The molecule has 0 unspecified atom stereocenters. The number of aryl methyl sites for hydroxylation is 1. The largest absolute Gasteiger partial charge is 0.457 e. The number of hydrogen-bond donors (Lipinski definition) is 1. The molecule has 0 aliphatic carbocycles. The number of nitrogens with one attached hydrogen (secondary N) is 1.